The summed E-state index contributed by atoms with van der Waals surface area (Å²) in [5, 5.41) is 0. The van der Waals surface area contributed by atoms with E-state index in [9.17, 15) is 9.59 Å². The molecule has 0 aromatic heterocycles. The van der Waals surface area contributed by atoms with E-state index in [0.717, 1.165) is 38.5 Å². The largest absolute Gasteiger partial charge is 0.462 e. The summed E-state index contributed by atoms with van der Waals surface area (Å²) in [5.74, 6) is -0.389. The van der Waals surface area contributed by atoms with Crippen LogP contribution in [0.3, 0.4) is 0 Å². The molecule has 0 radical (unpaired) electrons. The molecule has 0 rings (SSSR count). The van der Waals surface area contributed by atoms with Gasteiger partial charge in [0, 0.05) is 19.4 Å². The number of rotatable bonds is 50. The van der Waals surface area contributed by atoms with Gasteiger partial charge in [0.2, 0.25) is 0 Å². The average Bonchev–Trinajstić information content (AvgIpc) is 3.25. The van der Waals surface area contributed by atoms with Gasteiger partial charge >= 0.3 is 11.9 Å². The number of hydrogen-bond donors (Lipinski definition) is 0. The van der Waals surface area contributed by atoms with Crippen molar-refractivity contribution < 1.29 is 23.8 Å². The maximum absolute atomic E-state index is 12.7. The van der Waals surface area contributed by atoms with E-state index in [-0.39, 0.29) is 25.2 Å². The predicted molar refractivity (Wildman–Crippen MR) is 261 cm³/mol. The predicted octanol–water partition coefficient (Wildman–Crippen LogP) is 18.0. The van der Waals surface area contributed by atoms with Crippen LogP contribution in [0.5, 0.6) is 0 Å². The molecule has 0 N–H and O–H groups in total. The van der Waals surface area contributed by atoms with Crippen molar-refractivity contribution in [2.75, 3.05) is 19.8 Å². The van der Waals surface area contributed by atoms with Gasteiger partial charge in [-0.05, 0) is 70.6 Å². The molecular formula is C55H104O5. The van der Waals surface area contributed by atoms with Gasteiger partial charge in [0.15, 0.2) is 6.10 Å². The van der Waals surface area contributed by atoms with Crippen LogP contribution in [-0.4, -0.2) is 37.9 Å². The average molecular weight is 845 g/mol. The molecule has 0 saturated heterocycles. The molecule has 0 aliphatic carbocycles. The summed E-state index contributed by atoms with van der Waals surface area (Å²) in [6.07, 6.45) is 60.5. The number of carbonyl (C=O) groups excluding carboxylic acids is 2. The fraction of sp³-hybridized carbons (Fsp3) is 0.891. The van der Waals surface area contributed by atoms with Gasteiger partial charge in [-0.2, -0.15) is 0 Å². The van der Waals surface area contributed by atoms with E-state index in [1.807, 2.05) is 0 Å². The van der Waals surface area contributed by atoms with E-state index < -0.39 is 6.10 Å². The van der Waals surface area contributed by atoms with Crippen LogP contribution in [-0.2, 0) is 23.8 Å². The lowest BCUT2D eigenvalue weighted by molar-refractivity contribution is -0.163. The van der Waals surface area contributed by atoms with Crippen LogP contribution in [0.25, 0.3) is 0 Å². The minimum atomic E-state index is -0.532. The van der Waals surface area contributed by atoms with Gasteiger partial charge < -0.3 is 14.2 Å². The highest BCUT2D eigenvalue weighted by Gasteiger charge is 2.17. The maximum atomic E-state index is 12.7. The molecule has 5 nitrogen and oxygen atoms in total. The van der Waals surface area contributed by atoms with Crippen LogP contribution in [0.2, 0.25) is 0 Å². The fourth-order valence-corrected chi connectivity index (χ4v) is 7.91. The van der Waals surface area contributed by atoms with Gasteiger partial charge in [0.05, 0.1) is 6.61 Å². The minimum absolute atomic E-state index is 0.0880. The molecule has 0 fully saturated rings. The molecule has 0 bridgehead atoms. The van der Waals surface area contributed by atoms with Gasteiger partial charge in [0.25, 0.3) is 0 Å². The first-order valence-electron chi connectivity index (χ1n) is 26.9. The van der Waals surface area contributed by atoms with Crippen molar-refractivity contribution in [3.63, 3.8) is 0 Å². The Kier molecular flexibility index (Phi) is 50.3. The Balaban J connectivity index is 4.13. The summed E-state index contributed by atoms with van der Waals surface area (Å²) in [6, 6.07) is 0. The normalized spacial score (nSPS) is 12.2. The fourth-order valence-electron chi connectivity index (χ4n) is 7.91. The number of hydrogen-bond acceptors (Lipinski definition) is 5. The molecule has 0 spiro atoms. The number of carbonyl (C=O) groups is 2. The van der Waals surface area contributed by atoms with E-state index >= 15 is 0 Å². The lowest BCUT2D eigenvalue weighted by Gasteiger charge is -2.18. The van der Waals surface area contributed by atoms with E-state index in [2.05, 4.69) is 45.1 Å². The summed E-state index contributed by atoms with van der Waals surface area (Å²) < 4.78 is 17.4. The molecule has 0 aromatic rings. The van der Waals surface area contributed by atoms with Crippen LogP contribution in [0.15, 0.2) is 24.3 Å². The van der Waals surface area contributed by atoms with Crippen LogP contribution in [0, 0.1) is 0 Å². The number of unbranched alkanes of at least 4 members (excludes halogenated alkanes) is 35. The van der Waals surface area contributed by atoms with Gasteiger partial charge in [0.1, 0.15) is 6.61 Å². The van der Waals surface area contributed by atoms with Crippen molar-refractivity contribution in [2.45, 2.75) is 297 Å². The number of esters is 2. The molecule has 0 saturated carbocycles. The molecule has 0 aliphatic heterocycles. The molecule has 0 aromatic carbocycles. The molecule has 5 heteroatoms. The standard InChI is InChI=1S/C55H104O5/c1-4-7-10-13-16-19-21-23-25-27-28-29-30-32-34-37-39-42-45-48-54(56)59-52-53(60-55(57)49-46-43-40-36-18-15-12-9-6-3)51-58-50-47-44-41-38-35-33-31-26-24-22-20-17-14-11-8-5-2/h23-26,53H,4-22,27-52H2,1-3H3/b25-23-,26-24-. The maximum Gasteiger partial charge on any atom is 0.306 e. The summed E-state index contributed by atoms with van der Waals surface area (Å²) >= 11 is 0. The molecule has 0 heterocycles. The molecule has 354 valence electrons. The third kappa shape index (κ3) is 49.0. The Morgan fingerprint density at radius 1 is 0.350 bits per heavy atom. The third-order valence-corrected chi connectivity index (χ3v) is 12.0. The zero-order valence-corrected chi connectivity index (χ0v) is 40.7. The molecular weight excluding hydrogens is 741 g/mol. The summed E-state index contributed by atoms with van der Waals surface area (Å²) in [7, 11) is 0. The third-order valence-electron chi connectivity index (χ3n) is 12.0. The first-order chi connectivity index (χ1) is 29.6. The highest BCUT2D eigenvalue weighted by molar-refractivity contribution is 5.70. The van der Waals surface area contributed by atoms with Crippen molar-refractivity contribution in [2.24, 2.45) is 0 Å². The quantitative estimate of drug-likeness (QED) is 0.0347. The Bertz CT molecular complexity index is 913. The van der Waals surface area contributed by atoms with Gasteiger partial charge in [-0.15, -0.1) is 0 Å². The van der Waals surface area contributed by atoms with Crippen molar-refractivity contribution in [1.29, 1.82) is 0 Å². The van der Waals surface area contributed by atoms with Gasteiger partial charge in [-0.25, -0.2) is 0 Å². The van der Waals surface area contributed by atoms with Gasteiger partial charge in [-0.3, -0.25) is 9.59 Å². The van der Waals surface area contributed by atoms with E-state index in [4.69, 9.17) is 14.2 Å². The molecule has 0 amide bonds. The van der Waals surface area contributed by atoms with Crippen molar-refractivity contribution >= 4 is 11.9 Å². The summed E-state index contributed by atoms with van der Waals surface area (Å²) in [4.78, 5) is 25.3. The SMILES string of the molecule is CCCCCCCC/C=C\CCCCCCCCCCCC(=O)OCC(COCCCCCCCC/C=C\CCCCCCCC)OC(=O)CCCCCCCCCCC. The molecule has 1 atom stereocenters. The second-order valence-corrected chi connectivity index (χ2v) is 18.1. The molecule has 60 heavy (non-hydrogen) atoms. The van der Waals surface area contributed by atoms with E-state index in [1.165, 1.54) is 218 Å². The lowest BCUT2D eigenvalue weighted by Crippen LogP contribution is -2.30. The van der Waals surface area contributed by atoms with E-state index in [1.54, 1.807) is 0 Å². The second kappa shape index (κ2) is 51.7. The molecule has 1 unspecified atom stereocenters. The Hall–Kier alpha value is -1.62. The summed E-state index contributed by atoms with van der Waals surface area (Å²) in [6.45, 7) is 7.84. The number of allylic oxidation sites excluding steroid dienone is 4. The monoisotopic (exact) mass is 845 g/mol. The van der Waals surface area contributed by atoms with Crippen LogP contribution in [0.1, 0.15) is 290 Å². The Morgan fingerprint density at radius 2 is 0.650 bits per heavy atom. The first kappa shape index (κ1) is 58.4. The highest BCUT2D eigenvalue weighted by atomic mass is 16.6. The molecule has 0 aliphatic rings. The zero-order valence-electron chi connectivity index (χ0n) is 40.7. The van der Waals surface area contributed by atoms with Gasteiger partial charge in [-0.1, -0.05) is 231 Å². The van der Waals surface area contributed by atoms with Crippen molar-refractivity contribution in [3.05, 3.63) is 24.3 Å². The zero-order chi connectivity index (χ0) is 43.5. The van der Waals surface area contributed by atoms with Crippen molar-refractivity contribution in [1.82, 2.24) is 0 Å². The Labute approximate surface area is 375 Å². The second-order valence-electron chi connectivity index (χ2n) is 18.1. The highest BCUT2D eigenvalue weighted by Crippen LogP contribution is 2.15. The minimum Gasteiger partial charge on any atom is -0.462 e. The smallest absolute Gasteiger partial charge is 0.306 e. The lowest BCUT2D eigenvalue weighted by atomic mass is 10.1. The van der Waals surface area contributed by atoms with Crippen LogP contribution >= 0.6 is 0 Å². The van der Waals surface area contributed by atoms with Crippen LogP contribution < -0.4 is 0 Å². The Morgan fingerprint density at radius 3 is 1.02 bits per heavy atom. The van der Waals surface area contributed by atoms with E-state index in [0.29, 0.717) is 19.4 Å². The first-order valence-corrected chi connectivity index (χ1v) is 26.9. The van der Waals surface area contributed by atoms with Crippen molar-refractivity contribution in [3.8, 4) is 0 Å². The summed E-state index contributed by atoms with van der Waals surface area (Å²) in [5.41, 5.74) is 0. The van der Waals surface area contributed by atoms with Crippen LogP contribution in [0.4, 0.5) is 0 Å². The number of ether oxygens (including phenoxy) is 3. The topological polar surface area (TPSA) is 61.8 Å².